The van der Waals surface area contributed by atoms with E-state index < -0.39 is 23.6 Å². The van der Waals surface area contributed by atoms with Crippen LogP contribution in [0.5, 0.6) is 5.75 Å². The fourth-order valence-corrected chi connectivity index (χ4v) is 4.73. The number of aryl methyl sites for hydroxylation is 1. The molecule has 0 radical (unpaired) electrons. The van der Waals surface area contributed by atoms with Crippen LogP contribution in [-0.2, 0) is 6.18 Å². The quantitative estimate of drug-likeness (QED) is 0.189. The highest BCUT2D eigenvalue weighted by Gasteiger charge is 2.31. The molecule has 1 aliphatic heterocycles. The Morgan fingerprint density at radius 3 is 2.34 bits per heavy atom. The maximum atomic E-state index is 13.0. The number of rotatable bonds is 10. The van der Waals surface area contributed by atoms with E-state index in [9.17, 15) is 22.8 Å². The number of nitrogens with zero attached hydrogens (tertiary/aromatic N) is 3. The van der Waals surface area contributed by atoms with Gasteiger partial charge < -0.3 is 20.7 Å². The van der Waals surface area contributed by atoms with Crippen LogP contribution >= 0.6 is 0 Å². The summed E-state index contributed by atoms with van der Waals surface area (Å²) >= 11 is 0. The van der Waals surface area contributed by atoms with Crippen molar-refractivity contribution in [2.75, 3.05) is 42.2 Å². The van der Waals surface area contributed by atoms with Crippen molar-refractivity contribution in [1.29, 1.82) is 0 Å². The Bertz CT molecular complexity index is 1620. The predicted octanol–water partition coefficient (Wildman–Crippen LogP) is 6.53. The molecular weight excluding hydrogens is 573 g/mol. The van der Waals surface area contributed by atoms with Gasteiger partial charge in [-0.1, -0.05) is 18.2 Å². The third-order valence-corrected chi connectivity index (χ3v) is 7.07. The summed E-state index contributed by atoms with van der Waals surface area (Å²) in [6.07, 6.45) is 0.819. The Morgan fingerprint density at radius 2 is 1.59 bits per heavy atom. The lowest BCUT2D eigenvalue weighted by atomic mass is 10.1. The number of carbonyl (C=O) groups excluding carboxylic acids is 2. The van der Waals surface area contributed by atoms with Crippen molar-refractivity contribution in [2.45, 2.75) is 25.9 Å². The molecule has 3 aromatic carbocycles. The zero-order valence-corrected chi connectivity index (χ0v) is 23.9. The van der Waals surface area contributed by atoms with Gasteiger partial charge in [-0.2, -0.15) is 13.2 Å². The maximum absolute atomic E-state index is 13.0. The molecule has 1 aromatic heterocycles. The first-order valence-corrected chi connectivity index (χ1v) is 14.1. The summed E-state index contributed by atoms with van der Waals surface area (Å²) < 4.78 is 45.0. The smallest absolute Gasteiger partial charge is 0.416 e. The summed E-state index contributed by atoms with van der Waals surface area (Å²) in [5, 5.41) is 8.40. The van der Waals surface area contributed by atoms with Crippen molar-refractivity contribution in [3.63, 3.8) is 0 Å². The van der Waals surface area contributed by atoms with Gasteiger partial charge in [-0.15, -0.1) is 0 Å². The SMILES string of the molecule is Cc1ccc(NC(=O)c2cccc(C(F)(F)F)c2)cc1C(=O)Nc1cnc(Nc2cccc(OCCN3CCCC3)c2)nc1. The highest BCUT2D eigenvalue weighted by molar-refractivity contribution is 6.08. The van der Waals surface area contributed by atoms with Crippen molar-refractivity contribution in [2.24, 2.45) is 0 Å². The van der Waals surface area contributed by atoms with Crippen molar-refractivity contribution in [3.8, 4) is 5.75 Å². The number of amides is 2. The molecule has 0 saturated carbocycles. The minimum absolute atomic E-state index is 0.158. The minimum atomic E-state index is -4.57. The van der Waals surface area contributed by atoms with Gasteiger partial charge in [0.25, 0.3) is 11.8 Å². The first-order chi connectivity index (χ1) is 21.1. The number of anilines is 4. The summed E-state index contributed by atoms with van der Waals surface area (Å²) in [4.78, 5) is 36.6. The van der Waals surface area contributed by atoms with Gasteiger partial charge in [0.2, 0.25) is 5.95 Å². The summed E-state index contributed by atoms with van der Waals surface area (Å²) in [6.45, 7) is 5.47. The topological polar surface area (TPSA) is 108 Å². The summed E-state index contributed by atoms with van der Waals surface area (Å²) in [6, 6.07) is 16.3. The van der Waals surface area contributed by atoms with Crippen LogP contribution in [0.4, 0.5) is 36.2 Å². The van der Waals surface area contributed by atoms with Crippen molar-refractivity contribution < 1.29 is 27.5 Å². The van der Waals surface area contributed by atoms with E-state index in [1.165, 1.54) is 37.4 Å². The molecule has 0 atom stereocenters. The Morgan fingerprint density at radius 1 is 0.864 bits per heavy atom. The van der Waals surface area contributed by atoms with Crippen LogP contribution in [0.3, 0.4) is 0 Å². The molecule has 9 nitrogen and oxygen atoms in total. The molecule has 228 valence electrons. The number of hydrogen-bond acceptors (Lipinski definition) is 7. The van der Waals surface area contributed by atoms with E-state index in [1.807, 2.05) is 24.3 Å². The van der Waals surface area contributed by atoms with Gasteiger partial charge >= 0.3 is 6.18 Å². The molecule has 1 fully saturated rings. The number of aromatic nitrogens is 2. The molecule has 2 amide bonds. The van der Waals surface area contributed by atoms with Gasteiger partial charge in [-0.25, -0.2) is 9.97 Å². The first-order valence-electron chi connectivity index (χ1n) is 14.1. The van der Waals surface area contributed by atoms with Gasteiger partial charge in [0.05, 0.1) is 23.6 Å². The molecule has 2 heterocycles. The van der Waals surface area contributed by atoms with Crippen LogP contribution in [-0.4, -0.2) is 52.9 Å². The molecule has 0 bridgehead atoms. The normalized spacial score (nSPS) is 13.4. The lowest BCUT2D eigenvalue weighted by Crippen LogP contribution is -2.25. The molecular formula is C32H31F3N6O3. The molecule has 5 rings (SSSR count). The van der Waals surface area contributed by atoms with Crippen molar-refractivity contribution in [3.05, 3.63) is 101 Å². The predicted molar refractivity (Wildman–Crippen MR) is 161 cm³/mol. The van der Waals surface area contributed by atoms with E-state index >= 15 is 0 Å². The van der Waals surface area contributed by atoms with Gasteiger partial charge in [0.1, 0.15) is 12.4 Å². The molecule has 12 heteroatoms. The number of alkyl halides is 3. The summed E-state index contributed by atoms with van der Waals surface area (Å²) in [5.41, 5.74) is 1.15. The Balaban J connectivity index is 1.17. The van der Waals surface area contributed by atoms with Crippen LogP contribution in [0.1, 0.15) is 44.7 Å². The van der Waals surface area contributed by atoms with Gasteiger partial charge in [-0.3, -0.25) is 14.5 Å². The highest BCUT2D eigenvalue weighted by atomic mass is 19.4. The molecule has 4 aromatic rings. The van der Waals surface area contributed by atoms with Crippen LogP contribution in [0.2, 0.25) is 0 Å². The number of benzene rings is 3. The second-order valence-electron chi connectivity index (χ2n) is 10.4. The van der Waals surface area contributed by atoms with E-state index in [2.05, 4.69) is 30.8 Å². The molecule has 1 saturated heterocycles. The molecule has 0 spiro atoms. The largest absolute Gasteiger partial charge is 0.492 e. The lowest BCUT2D eigenvalue weighted by molar-refractivity contribution is -0.137. The number of halogens is 3. The van der Waals surface area contributed by atoms with Crippen molar-refractivity contribution in [1.82, 2.24) is 14.9 Å². The number of likely N-dealkylation sites (tertiary alicyclic amines) is 1. The average molecular weight is 605 g/mol. The van der Waals surface area contributed by atoms with Gasteiger partial charge in [0, 0.05) is 35.1 Å². The third-order valence-electron chi connectivity index (χ3n) is 7.07. The van der Waals surface area contributed by atoms with E-state index in [0.29, 0.717) is 23.8 Å². The van der Waals surface area contributed by atoms with E-state index in [-0.39, 0.29) is 16.8 Å². The third kappa shape index (κ3) is 8.10. The van der Waals surface area contributed by atoms with Crippen LogP contribution in [0.15, 0.2) is 79.1 Å². The zero-order valence-electron chi connectivity index (χ0n) is 23.9. The van der Waals surface area contributed by atoms with E-state index in [1.54, 1.807) is 19.1 Å². The fraction of sp³-hybridized carbons (Fsp3) is 0.250. The highest BCUT2D eigenvalue weighted by Crippen LogP contribution is 2.30. The maximum Gasteiger partial charge on any atom is 0.416 e. The van der Waals surface area contributed by atoms with E-state index in [0.717, 1.165) is 49.3 Å². The van der Waals surface area contributed by atoms with Crippen LogP contribution < -0.4 is 20.7 Å². The molecule has 0 unspecified atom stereocenters. The average Bonchev–Trinajstić information content (AvgIpc) is 3.52. The second kappa shape index (κ2) is 13.6. The number of ether oxygens (including phenoxy) is 1. The number of nitrogens with one attached hydrogen (secondary N) is 3. The van der Waals surface area contributed by atoms with Crippen molar-refractivity contribution >= 4 is 34.8 Å². The van der Waals surface area contributed by atoms with Crippen LogP contribution in [0.25, 0.3) is 0 Å². The number of hydrogen-bond donors (Lipinski definition) is 3. The summed E-state index contributed by atoms with van der Waals surface area (Å²) in [7, 11) is 0. The minimum Gasteiger partial charge on any atom is -0.492 e. The Hall–Kier alpha value is -4.97. The summed E-state index contributed by atoms with van der Waals surface area (Å²) in [5.74, 6) is -0.142. The monoisotopic (exact) mass is 604 g/mol. The second-order valence-corrected chi connectivity index (χ2v) is 10.4. The Labute approximate surface area is 252 Å². The standard InChI is InChI=1S/C32H31F3N6O3/c1-21-10-11-25(38-29(42)22-6-4-7-23(16-22)32(33,34)35)18-28(21)30(43)39-26-19-36-31(37-20-26)40-24-8-5-9-27(17-24)44-15-14-41-12-2-3-13-41/h4-11,16-20H,2-3,12-15H2,1H3,(H,38,42)(H,39,43)(H,36,37,40). The lowest BCUT2D eigenvalue weighted by Gasteiger charge is -2.15. The molecule has 0 aliphatic carbocycles. The fourth-order valence-electron chi connectivity index (χ4n) is 4.73. The van der Waals surface area contributed by atoms with Gasteiger partial charge in [0.15, 0.2) is 0 Å². The molecule has 1 aliphatic rings. The molecule has 44 heavy (non-hydrogen) atoms. The first kappa shape index (κ1) is 30.5. The van der Waals surface area contributed by atoms with E-state index in [4.69, 9.17) is 4.74 Å². The van der Waals surface area contributed by atoms with Gasteiger partial charge in [-0.05, 0) is 80.9 Å². The molecule has 3 N–H and O–H groups in total. The Kier molecular flexibility index (Phi) is 9.39. The van der Waals surface area contributed by atoms with Crippen LogP contribution in [0, 0.1) is 6.92 Å². The zero-order chi connectivity index (χ0) is 31.1. The number of carbonyl (C=O) groups is 2.